The molecule has 0 aliphatic rings. The van der Waals surface area contributed by atoms with Gasteiger partial charge in [0.15, 0.2) is 11.0 Å². The van der Waals surface area contributed by atoms with Crippen LogP contribution in [0.2, 0.25) is 0 Å². The van der Waals surface area contributed by atoms with Gasteiger partial charge in [-0.25, -0.2) is 0 Å². The summed E-state index contributed by atoms with van der Waals surface area (Å²) in [4.78, 5) is 0. The average Bonchev–Trinajstić information content (AvgIpc) is 3.33. The lowest BCUT2D eigenvalue weighted by atomic mass is 10.1. The number of hydrogen-bond donors (Lipinski definition) is 0. The van der Waals surface area contributed by atoms with Gasteiger partial charge in [-0.15, -0.1) is 20.4 Å². The maximum Gasteiger partial charge on any atom is 0.251 e. The number of hydrogen-bond acceptors (Lipinski definition) is 7. The van der Waals surface area contributed by atoms with E-state index in [4.69, 9.17) is 8.83 Å². The summed E-state index contributed by atoms with van der Waals surface area (Å²) < 4.78 is 13.3. The van der Waals surface area contributed by atoms with Crippen molar-refractivity contribution in [3.8, 4) is 22.8 Å². The van der Waals surface area contributed by atoms with Crippen molar-refractivity contribution < 1.29 is 8.83 Å². The van der Waals surface area contributed by atoms with Gasteiger partial charge in [0.25, 0.3) is 5.89 Å². The third-order valence-corrected chi connectivity index (χ3v) is 5.29. The first-order valence-electron chi connectivity index (χ1n) is 8.51. The molecule has 0 aliphatic heterocycles. The maximum absolute atomic E-state index is 5.78. The first kappa shape index (κ1) is 17.5. The van der Waals surface area contributed by atoms with Gasteiger partial charge in [-0.3, -0.25) is 0 Å². The molecule has 0 saturated heterocycles. The van der Waals surface area contributed by atoms with Crippen molar-refractivity contribution >= 4 is 11.8 Å². The molecule has 1 aromatic carbocycles. The summed E-state index contributed by atoms with van der Waals surface area (Å²) in [6.07, 6.45) is 0. The van der Waals surface area contributed by atoms with Gasteiger partial charge in [0.2, 0.25) is 5.89 Å². The van der Waals surface area contributed by atoms with Gasteiger partial charge in [0.1, 0.15) is 11.5 Å². The Morgan fingerprint density at radius 2 is 1.78 bits per heavy atom. The van der Waals surface area contributed by atoms with E-state index in [9.17, 15) is 0 Å². The zero-order chi connectivity index (χ0) is 19.0. The third-order valence-electron chi connectivity index (χ3n) is 4.28. The Morgan fingerprint density at radius 3 is 2.52 bits per heavy atom. The highest BCUT2D eigenvalue weighted by Gasteiger charge is 2.17. The number of benzene rings is 1. The Morgan fingerprint density at radius 1 is 0.963 bits per heavy atom. The van der Waals surface area contributed by atoms with E-state index in [2.05, 4.69) is 33.4 Å². The van der Waals surface area contributed by atoms with Gasteiger partial charge in [-0.05, 0) is 32.4 Å². The molecule has 0 spiro atoms. The second kappa shape index (κ2) is 7.03. The molecular weight excluding hydrogens is 362 g/mol. The summed E-state index contributed by atoms with van der Waals surface area (Å²) in [6, 6.07) is 10.0. The standard InChI is InChI=1S/C19H19N5O2S/c1-11-7-5-6-8-14(11)17-21-23-19(24(17)4)27-10-16-20-22-18(26-16)15-9-12(2)25-13(15)3/h5-9H,10H2,1-4H3. The molecule has 27 heavy (non-hydrogen) atoms. The SMILES string of the molecule is Cc1cc(-c2nnc(CSc3nnc(-c4ccccc4C)n3C)o2)c(C)o1. The van der Waals surface area contributed by atoms with Crippen LogP contribution in [0.3, 0.4) is 0 Å². The van der Waals surface area contributed by atoms with Crippen molar-refractivity contribution in [1.29, 1.82) is 0 Å². The average molecular weight is 381 g/mol. The molecule has 4 aromatic rings. The third kappa shape index (κ3) is 3.40. The van der Waals surface area contributed by atoms with Crippen LogP contribution in [0, 0.1) is 20.8 Å². The normalized spacial score (nSPS) is 11.3. The van der Waals surface area contributed by atoms with Crippen molar-refractivity contribution in [2.45, 2.75) is 31.7 Å². The van der Waals surface area contributed by atoms with Crippen molar-refractivity contribution in [1.82, 2.24) is 25.0 Å². The molecule has 3 heterocycles. The van der Waals surface area contributed by atoms with Crippen molar-refractivity contribution in [2.24, 2.45) is 7.05 Å². The van der Waals surface area contributed by atoms with Crippen LogP contribution in [0.25, 0.3) is 22.8 Å². The predicted molar refractivity (Wildman–Crippen MR) is 102 cm³/mol. The van der Waals surface area contributed by atoms with Crippen LogP contribution in [0.15, 0.2) is 44.3 Å². The minimum absolute atomic E-state index is 0.471. The molecule has 0 saturated carbocycles. The molecule has 0 amide bonds. The van der Waals surface area contributed by atoms with E-state index in [0.717, 1.165) is 39.2 Å². The van der Waals surface area contributed by atoms with Crippen LogP contribution in [0.1, 0.15) is 23.0 Å². The van der Waals surface area contributed by atoms with Gasteiger partial charge < -0.3 is 13.4 Å². The van der Waals surface area contributed by atoms with E-state index in [-0.39, 0.29) is 0 Å². The highest BCUT2D eigenvalue weighted by Crippen LogP contribution is 2.29. The van der Waals surface area contributed by atoms with Crippen LogP contribution in [0.5, 0.6) is 0 Å². The van der Waals surface area contributed by atoms with Gasteiger partial charge >= 0.3 is 0 Å². The Balaban J connectivity index is 1.50. The molecule has 138 valence electrons. The van der Waals surface area contributed by atoms with Gasteiger partial charge in [-0.2, -0.15) is 0 Å². The number of nitrogens with zero attached hydrogens (tertiary/aromatic N) is 5. The lowest BCUT2D eigenvalue weighted by Gasteiger charge is -2.05. The summed E-state index contributed by atoms with van der Waals surface area (Å²) in [5, 5.41) is 17.7. The lowest BCUT2D eigenvalue weighted by Crippen LogP contribution is -1.96. The molecule has 3 aromatic heterocycles. The summed E-state index contributed by atoms with van der Waals surface area (Å²) >= 11 is 1.51. The molecule has 0 bridgehead atoms. The summed E-state index contributed by atoms with van der Waals surface area (Å²) in [6.45, 7) is 5.84. The number of rotatable bonds is 5. The highest BCUT2D eigenvalue weighted by molar-refractivity contribution is 7.98. The van der Waals surface area contributed by atoms with Crippen LogP contribution in [-0.2, 0) is 12.8 Å². The van der Waals surface area contributed by atoms with Gasteiger partial charge in [0.05, 0.1) is 11.3 Å². The van der Waals surface area contributed by atoms with Crippen LogP contribution >= 0.6 is 11.8 Å². The molecule has 0 N–H and O–H groups in total. The lowest BCUT2D eigenvalue weighted by molar-refractivity contribution is 0.499. The first-order chi connectivity index (χ1) is 13.0. The van der Waals surface area contributed by atoms with Crippen LogP contribution in [0.4, 0.5) is 0 Å². The second-order valence-electron chi connectivity index (χ2n) is 6.30. The molecule has 4 rings (SSSR count). The van der Waals surface area contributed by atoms with Crippen LogP contribution in [-0.4, -0.2) is 25.0 Å². The fraction of sp³-hybridized carbons (Fsp3) is 0.263. The first-order valence-corrected chi connectivity index (χ1v) is 9.49. The fourth-order valence-electron chi connectivity index (χ4n) is 2.89. The van der Waals surface area contributed by atoms with E-state index < -0.39 is 0 Å². The molecule has 0 unspecified atom stereocenters. The van der Waals surface area contributed by atoms with E-state index in [1.54, 1.807) is 0 Å². The minimum atomic E-state index is 0.471. The Labute approximate surface area is 160 Å². The molecular formula is C19H19N5O2S. The Kier molecular flexibility index (Phi) is 4.57. The Hall–Kier alpha value is -2.87. The highest BCUT2D eigenvalue weighted by atomic mass is 32.2. The van der Waals surface area contributed by atoms with Crippen LogP contribution < -0.4 is 0 Å². The summed E-state index contributed by atoms with van der Waals surface area (Å²) in [5.74, 6) is 3.95. The summed E-state index contributed by atoms with van der Waals surface area (Å²) in [7, 11) is 1.96. The van der Waals surface area contributed by atoms with Crippen molar-refractivity contribution in [2.75, 3.05) is 0 Å². The molecule has 0 aliphatic carbocycles. The molecule has 0 atom stereocenters. The zero-order valence-electron chi connectivity index (χ0n) is 15.6. The predicted octanol–water partition coefficient (Wildman–Crippen LogP) is 4.34. The van der Waals surface area contributed by atoms with E-state index >= 15 is 0 Å². The molecule has 8 heteroatoms. The quantitative estimate of drug-likeness (QED) is 0.475. The molecule has 0 fully saturated rings. The van der Waals surface area contributed by atoms with Gasteiger partial charge in [0, 0.05) is 12.6 Å². The second-order valence-corrected chi connectivity index (χ2v) is 7.24. The number of aromatic nitrogens is 5. The number of aryl methyl sites for hydroxylation is 3. The largest absolute Gasteiger partial charge is 0.466 e. The summed E-state index contributed by atoms with van der Waals surface area (Å²) in [5.41, 5.74) is 3.07. The molecule has 0 radical (unpaired) electrons. The van der Waals surface area contributed by atoms with Crippen molar-refractivity contribution in [3.05, 3.63) is 53.3 Å². The molecule has 7 nitrogen and oxygen atoms in total. The fourth-order valence-corrected chi connectivity index (χ4v) is 3.64. The van der Waals surface area contributed by atoms with E-state index in [0.29, 0.717) is 17.5 Å². The van der Waals surface area contributed by atoms with Crippen molar-refractivity contribution in [3.63, 3.8) is 0 Å². The van der Waals surface area contributed by atoms with E-state index in [1.807, 2.05) is 49.7 Å². The van der Waals surface area contributed by atoms with E-state index in [1.165, 1.54) is 11.8 Å². The number of thioether (sulfide) groups is 1. The Bertz CT molecular complexity index is 1100. The topological polar surface area (TPSA) is 82.8 Å². The smallest absolute Gasteiger partial charge is 0.251 e. The zero-order valence-corrected chi connectivity index (χ0v) is 16.4. The maximum atomic E-state index is 5.78. The number of furan rings is 1. The van der Waals surface area contributed by atoms with Gasteiger partial charge in [-0.1, -0.05) is 36.0 Å². The minimum Gasteiger partial charge on any atom is -0.466 e. The monoisotopic (exact) mass is 381 g/mol.